The fourth-order valence-corrected chi connectivity index (χ4v) is 1.06. The van der Waals surface area contributed by atoms with Gasteiger partial charge in [0.15, 0.2) is 0 Å². The van der Waals surface area contributed by atoms with Crippen molar-refractivity contribution in [3.63, 3.8) is 0 Å². The molecule has 0 aromatic rings. The first-order valence-electron chi connectivity index (χ1n) is 5.34. The highest BCUT2D eigenvalue weighted by atomic mass is 16.4. The maximum absolute atomic E-state index is 10.1. The average molecular weight is 214 g/mol. The number of rotatable bonds is 8. The molecule has 0 saturated heterocycles. The van der Waals surface area contributed by atoms with Crippen molar-refractivity contribution in [1.29, 1.82) is 0 Å². The number of hydrogen-bond donors (Lipinski definition) is 2. The molecular formula is C11H22N2O2. The molecule has 0 radical (unpaired) electrons. The second-order valence-electron chi connectivity index (χ2n) is 3.87. The first kappa shape index (κ1) is 14.1. The normalized spacial score (nSPS) is 11.8. The second-order valence-corrected chi connectivity index (χ2v) is 3.87. The van der Waals surface area contributed by atoms with Gasteiger partial charge in [-0.25, -0.2) is 4.79 Å². The van der Waals surface area contributed by atoms with Gasteiger partial charge in [-0.3, -0.25) is 0 Å². The van der Waals surface area contributed by atoms with Gasteiger partial charge in [-0.1, -0.05) is 6.08 Å². The van der Waals surface area contributed by atoms with E-state index in [0.29, 0.717) is 12.6 Å². The summed E-state index contributed by atoms with van der Waals surface area (Å²) >= 11 is 0. The monoisotopic (exact) mass is 214 g/mol. The van der Waals surface area contributed by atoms with E-state index < -0.39 is 5.97 Å². The van der Waals surface area contributed by atoms with E-state index in [2.05, 4.69) is 31.1 Å². The van der Waals surface area contributed by atoms with Gasteiger partial charge in [0.2, 0.25) is 0 Å². The highest BCUT2D eigenvalue weighted by Gasteiger charge is 2.00. The second kappa shape index (κ2) is 8.44. The third-order valence-corrected chi connectivity index (χ3v) is 2.27. The summed E-state index contributed by atoms with van der Waals surface area (Å²) in [4.78, 5) is 12.4. The lowest BCUT2D eigenvalue weighted by molar-refractivity contribution is -0.131. The van der Waals surface area contributed by atoms with E-state index in [9.17, 15) is 4.79 Å². The molecule has 0 unspecified atom stereocenters. The Labute approximate surface area is 92.0 Å². The molecule has 0 fully saturated rings. The van der Waals surface area contributed by atoms with E-state index in [4.69, 9.17) is 5.11 Å². The molecule has 0 aromatic carbocycles. The van der Waals surface area contributed by atoms with Gasteiger partial charge >= 0.3 is 5.97 Å². The number of aliphatic carboxylic acids is 1. The zero-order valence-electron chi connectivity index (χ0n) is 9.86. The summed E-state index contributed by atoms with van der Waals surface area (Å²) in [6, 6.07) is 0.580. The average Bonchev–Trinajstić information content (AvgIpc) is 2.15. The van der Waals surface area contributed by atoms with Crippen molar-refractivity contribution in [3.8, 4) is 0 Å². The minimum Gasteiger partial charge on any atom is -0.478 e. The van der Waals surface area contributed by atoms with Crippen LogP contribution in [0.15, 0.2) is 12.2 Å². The van der Waals surface area contributed by atoms with Gasteiger partial charge in [0.25, 0.3) is 0 Å². The lowest BCUT2D eigenvalue weighted by Gasteiger charge is -2.20. The fourth-order valence-electron chi connectivity index (χ4n) is 1.06. The van der Waals surface area contributed by atoms with Gasteiger partial charge in [-0.05, 0) is 40.4 Å². The molecule has 0 bridgehead atoms. The Balaban J connectivity index is 3.29. The summed E-state index contributed by atoms with van der Waals surface area (Å²) < 4.78 is 0. The van der Waals surface area contributed by atoms with Crippen LogP contribution in [0.2, 0.25) is 0 Å². The van der Waals surface area contributed by atoms with Crippen molar-refractivity contribution in [2.45, 2.75) is 26.3 Å². The fraction of sp³-hybridized carbons (Fsp3) is 0.727. The van der Waals surface area contributed by atoms with Crippen LogP contribution >= 0.6 is 0 Å². The van der Waals surface area contributed by atoms with Gasteiger partial charge in [0.05, 0.1) is 0 Å². The molecule has 0 heterocycles. The minimum atomic E-state index is -0.892. The molecule has 0 saturated carbocycles. The van der Waals surface area contributed by atoms with Crippen LogP contribution in [0.25, 0.3) is 0 Å². The van der Waals surface area contributed by atoms with Gasteiger partial charge in [0.1, 0.15) is 0 Å². The summed E-state index contributed by atoms with van der Waals surface area (Å²) in [5.41, 5.74) is 0. The molecule has 0 rings (SSSR count). The molecule has 0 aliphatic carbocycles. The van der Waals surface area contributed by atoms with E-state index in [-0.39, 0.29) is 0 Å². The zero-order chi connectivity index (χ0) is 11.7. The first-order valence-corrected chi connectivity index (χ1v) is 5.34. The Morgan fingerprint density at radius 1 is 1.53 bits per heavy atom. The largest absolute Gasteiger partial charge is 0.478 e. The molecule has 88 valence electrons. The van der Waals surface area contributed by atoms with Crippen molar-refractivity contribution in [3.05, 3.63) is 12.2 Å². The number of hydrogen-bond acceptors (Lipinski definition) is 3. The van der Waals surface area contributed by atoms with Crippen molar-refractivity contribution in [1.82, 2.24) is 10.2 Å². The van der Waals surface area contributed by atoms with Crippen LogP contribution in [0.1, 0.15) is 20.3 Å². The van der Waals surface area contributed by atoms with Crippen LogP contribution < -0.4 is 5.32 Å². The Morgan fingerprint density at radius 3 is 2.73 bits per heavy atom. The van der Waals surface area contributed by atoms with Crippen LogP contribution in [-0.2, 0) is 4.79 Å². The number of carbonyl (C=O) groups is 1. The van der Waals surface area contributed by atoms with Crippen LogP contribution in [0.4, 0.5) is 0 Å². The lowest BCUT2D eigenvalue weighted by atomic mass is 10.3. The number of nitrogens with zero attached hydrogens (tertiary/aromatic N) is 1. The van der Waals surface area contributed by atoms with Crippen LogP contribution in [0, 0.1) is 0 Å². The SMILES string of the molecule is CC(C)N(C)CCCNC/C=C/C(=O)O. The summed E-state index contributed by atoms with van der Waals surface area (Å²) in [6.45, 7) is 6.94. The Hall–Kier alpha value is -0.870. The molecule has 4 nitrogen and oxygen atoms in total. The minimum absolute atomic E-state index is 0.580. The van der Waals surface area contributed by atoms with E-state index in [1.54, 1.807) is 6.08 Å². The molecule has 0 aliphatic heterocycles. The topological polar surface area (TPSA) is 52.6 Å². The molecular weight excluding hydrogens is 192 g/mol. The number of carboxylic acids is 1. The van der Waals surface area contributed by atoms with E-state index in [1.165, 1.54) is 0 Å². The molecule has 4 heteroatoms. The Bertz CT molecular complexity index is 203. The molecule has 0 aromatic heterocycles. The van der Waals surface area contributed by atoms with Crippen molar-refractivity contribution >= 4 is 5.97 Å². The summed E-state index contributed by atoms with van der Waals surface area (Å²) in [7, 11) is 2.11. The van der Waals surface area contributed by atoms with Crippen molar-refractivity contribution in [2.75, 3.05) is 26.7 Å². The predicted molar refractivity (Wildman–Crippen MR) is 62.0 cm³/mol. The van der Waals surface area contributed by atoms with Crippen LogP contribution in [0.5, 0.6) is 0 Å². The van der Waals surface area contributed by atoms with Crippen molar-refractivity contribution < 1.29 is 9.90 Å². The molecule has 0 amide bonds. The molecule has 15 heavy (non-hydrogen) atoms. The first-order chi connectivity index (χ1) is 7.04. The van der Waals surface area contributed by atoms with E-state index in [0.717, 1.165) is 25.6 Å². The molecule has 0 aliphatic rings. The summed E-state index contributed by atoms with van der Waals surface area (Å²) in [6.07, 6.45) is 3.86. The highest BCUT2D eigenvalue weighted by Crippen LogP contribution is 1.93. The highest BCUT2D eigenvalue weighted by molar-refractivity contribution is 5.79. The van der Waals surface area contributed by atoms with Gasteiger partial charge in [-0.15, -0.1) is 0 Å². The molecule has 0 atom stereocenters. The van der Waals surface area contributed by atoms with Crippen LogP contribution in [-0.4, -0.2) is 48.7 Å². The molecule has 2 N–H and O–H groups in total. The Kier molecular flexibility index (Phi) is 7.95. The lowest BCUT2D eigenvalue weighted by Crippen LogP contribution is -2.29. The third kappa shape index (κ3) is 9.43. The maximum Gasteiger partial charge on any atom is 0.328 e. The number of carboxylic acid groups (broad SMARTS) is 1. The predicted octanol–water partition coefficient (Wildman–Crippen LogP) is 0.947. The smallest absolute Gasteiger partial charge is 0.328 e. The summed E-state index contributed by atoms with van der Waals surface area (Å²) in [5.74, 6) is -0.892. The maximum atomic E-state index is 10.1. The van der Waals surface area contributed by atoms with Crippen molar-refractivity contribution in [2.24, 2.45) is 0 Å². The number of nitrogens with one attached hydrogen (secondary N) is 1. The van der Waals surface area contributed by atoms with E-state index >= 15 is 0 Å². The standard InChI is InChI=1S/C11H22N2O2/c1-10(2)13(3)9-5-8-12-7-4-6-11(14)15/h4,6,10,12H,5,7-9H2,1-3H3,(H,14,15)/b6-4+. The zero-order valence-corrected chi connectivity index (χ0v) is 9.86. The van der Waals surface area contributed by atoms with Gasteiger partial charge in [0, 0.05) is 18.7 Å². The van der Waals surface area contributed by atoms with E-state index in [1.807, 2.05) is 0 Å². The Morgan fingerprint density at radius 2 is 2.20 bits per heavy atom. The quantitative estimate of drug-likeness (QED) is 0.466. The third-order valence-electron chi connectivity index (χ3n) is 2.27. The van der Waals surface area contributed by atoms with Gasteiger partial charge in [-0.2, -0.15) is 0 Å². The van der Waals surface area contributed by atoms with Gasteiger partial charge < -0.3 is 15.3 Å². The molecule has 0 spiro atoms. The summed E-state index contributed by atoms with van der Waals surface area (Å²) in [5, 5.41) is 11.5. The van der Waals surface area contributed by atoms with Crippen LogP contribution in [0.3, 0.4) is 0 Å².